The maximum atomic E-state index is 12.8. The lowest BCUT2D eigenvalue weighted by Gasteiger charge is -2.21. The van der Waals surface area contributed by atoms with Gasteiger partial charge in [-0.25, -0.2) is 0 Å². The second-order valence-electron chi connectivity index (χ2n) is 6.38. The molecule has 1 amide bonds. The number of ether oxygens (including phenoxy) is 1. The van der Waals surface area contributed by atoms with Crippen LogP contribution in [0.15, 0.2) is 48.5 Å². The summed E-state index contributed by atoms with van der Waals surface area (Å²) in [7, 11) is 0. The molecule has 0 saturated carbocycles. The second kappa shape index (κ2) is 6.76. The van der Waals surface area contributed by atoms with Gasteiger partial charge in [-0.2, -0.15) is 5.26 Å². The molecule has 122 valence electrons. The van der Waals surface area contributed by atoms with Crippen LogP contribution in [0.5, 0.6) is 5.75 Å². The lowest BCUT2D eigenvalue weighted by molar-refractivity contribution is 0.0733. The van der Waals surface area contributed by atoms with Crippen LogP contribution in [0.3, 0.4) is 0 Å². The Morgan fingerprint density at radius 2 is 1.92 bits per heavy atom. The first kappa shape index (κ1) is 16.1. The third-order valence-corrected chi connectivity index (χ3v) is 4.06. The monoisotopic (exact) mass is 320 g/mol. The van der Waals surface area contributed by atoms with Gasteiger partial charge in [-0.3, -0.25) is 4.79 Å². The molecule has 0 spiro atoms. The van der Waals surface area contributed by atoms with Gasteiger partial charge in [0.05, 0.1) is 11.6 Å². The van der Waals surface area contributed by atoms with Crippen molar-refractivity contribution in [1.29, 1.82) is 5.26 Å². The summed E-state index contributed by atoms with van der Waals surface area (Å²) in [5, 5.41) is 9.53. The summed E-state index contributed by atoms with van der Waals surface area (Å²) in [6.07, 6.45) is 0. The summed E-state index contributed by atoms with van der Waals surface area (Å²) in [5.41, 5.74) is 2.31. The van der Waals surface area contributed by atoms with Crippen LogP contribution in [0, 0.1) is 17.2 Å². The van der Waals surface area contributed by atoms with Gasteiger partial charge in [0.1, 0.15) is 18.4 Å². The molecule has 4 nitrogen and oxygen atoms in total. The Hall–Kier alpha value is -2.80. The van der Waals surface area contributed by atoms with Gasteiger partial charge in [0.15, 0.2) is 0 Å². The van der Waals surface area contributed by atoms with Gasteiger partial charge in [-0.05, 0) is 17.5 Å². The van der Waals surface area contributed by atoms with Crippen LogP contribution in [0.4, 0.5) is 0 Å². The van der Waals surface area contributed by atoms with E-state index < -0.39 is 6.04 Å². The number of fused-ring (bicyclic) bond motifs is 1. The van der Waals surface area contributed by atoms with E-state index in [1.807, 2.05) is 56.3 Å². The predicted molar refractivity (Wildman–Crippen MR) is 91.4 cm³/mol. The Kier molecular flexibility index (Phi) is 4.52. The van der Waals surface area contributed by atoms with Crippen molar-refractivity contribution in [3.63, 3.8) is 0 Å². The molecule has 0 aliphatic carbocycles. The van der Waals surface area contributed by atoms with E-state index in [4.69, 9.17) is 4.74 Å². The van der Waals surface area contributed by atoms with E-state index in [0.717, 1.165) is 11.1 Å². The molecule has 1 aliphatic rings. The number of benzene rings is 2. The number of nitriles is 1. The highest BCUT2D eigenvalue weighted by atomic mass is 16.5. The van der Waals surface area contributed by atoms with E-state index in [1.54, 1.807) is 11.0 Å². The van der Waals surface area contributed by atoms with E-state index in [-0.39, 0.29) is 5.91 Å². The topological polar surface area (TPSA) is 53.3 Å². The quantitative estimate of drug-likeness (QED) is 0.838. The zero-order valence-electron chi connectivity index (χ0n) is 13.9. The van der Waals surface area contributed by atoms with E-state index in [9.17, 15) is 10.1 Å². The van der Waals surface area contributed by atoms with Crippen molar-refractivity contribution in [2.24, 2.45) is 5.92 Å². The maximum absolute atomic E-state index is 12.8. The van der Waals surface area contributed by atoms with Crippen molar-refractivity contribution in [1.82, 2.24) is 4.90 Å². The van der Waals surface area contributed by atoms with Crippen molar-refractivity contribution >= 4 is 5.91 Å². The van der Waals surface area contributed by atoms with Crippen LogP contribution in [0.1, 0.15) is 41.4 Å². The number of rotatable bonds is 5. The SMILES string of the molecule is CC(C)CN1C(=O)c2c(OCc3ccccc3)cccc2C1C#N. The summed E-state index contributed by atoms with van der Waals surface area (Å²) >= 11 is 0. The average molecular weight is 320 g/mol. The minimum Gasteiger partial charge on any atom is -0.488 e. The lowest BCUT2D eigenvalue weighted by atomic mass is 10.0. The standard InChI is InChI=1S/C20H20N2O2/c1-14(2)12-22-17(11-21)16-9-6-10-18(19(16)20(22)23)24-13-15-7-4-3-5-8-15/h3-10,14,17H,12-13H2,1-2H3. The molecule has 1 unspecified atom stereocenters. The number of amides is 1. The van der Waals surface area contributed by atoms with Crippen LogP contribution in [0.2, 0.25) is 0 Å². The van der Waals surface area contributed by atoms with E-state index in [2.05, 4.69) is 6.07 Å². The van der Waals surface area contributed by atoms with Gasteiger partial charge in [0.2, 0.25) is 0 Å². The Morgan fingerprint density at radius 1 is 1.17 bits per heavy atom. The van der Waals surface area contributed by atoms with Gasteiger partial charge in [-0.15, -0.1) is 0 Å². The van der Waals surface area contributed by atoms with Crippen LogP contribution in [-0.2, 0) is 6.61 Å². The summed E-state index contributed by atoms with van der Waals surface area (Å²) in [6, 6.07) is 17.0. The Morgan fingerprint density at radius 3 is 2.58 bits per heavy atom. The van der Waals surface area contributed by atoms with Crippen LogP contribution >= 0.6 is 0 Å². The summed E-state index contributed by atoms with van der Waals surface area (Å²) in [4.78, 5) is 14.5. The Bertz CT molecular complexity index is 778. The van der Waals surface area contributed by atoms with Crippen LogP contribution in [0.25, 0.3) is 0 Å². The summed E-state index contributed by atoms with van der Waals surface area (Å²) in [6.45, 7) is 5.03. The third-order valence-electron chi connectivity index (χ3n) is 4.06. The summed E-state index contributed by atoms with van der Waals surface area (Å²) in [5.74, 6) is 0.731. The normalized spacial score (nSPS) is 16.2. The largest absolute Gasteiger partial charge is 0.488 e. The fraction of sp³-hybridized carbons (Fsp3) is 0.300. The lowest BCUT2D eigenvalue weighted by Crippen LogP contribution is -2.31. The van der Waals surface area contributed by atoms with E-state index in [0.29, 0.717) is 30.4 Å². The summed E-state index contributed by atoms with van der Waals surface area (Å²) < 4.78 is 5.89. The third kappa shape index (κ3) is 2.98. The van der Waals surface area contributed by atoms with Gasteiger partial charge in [-0.1, -0.05) is 56.3 Å². The fourth-order valence-electron chi connectivity index (χ4n) is 3.01. The van der Waals surface area contributed by atoms with Gasteiger partial charge >= 0.3 is 0 Å². The van der Waals surface area contributed by atoms with Gasteiger partial charge in [0, 0.05) is 12.1 Å². The number of carbonyl (C=O) groups is 1. The Labute approximate surface area is 142 Å². The van der Waals surface area contributed by atoms with Crippen LogP contribution < -0.4 is 4.74 Å². The molecule has 0 radical (unpaired) electrons. The highest BCUT2D eigenvalue weighted by Crippen LogP contribution is 2.38. The molecule has 0 bridgehead atoms. The minimum atomic E-state index is -0.532. The number of hydrogen-bond acceptors (Lipinski definition) is 3. The average Bonchev–Trinajstić information content (AvgIpc) is 2.86. The first-order chi connectivity index (χ1) is 11.6. The number of hydrogen-bond donors (Lipinski definition) is 0. The van der Waals surface area contributed by atoms with Crippen molar-refractivity contribution in [3.8, 4) is 11.8 Å². The maximum Gasteiger partial charge on any atom is 0.259 e. The van der Waals surface area contributed by atoms with Crippen molar-refractivity contribution < 1.29 is 9.53 Å². The van der Waals surface area contributed by atoms with Crippen LogP contribution in [-0.4, -0.2) is 17.4 Å². The molecule has 0 fully saturated rings. The molecule has 4 heteroatoms. The first-order valence-electron chi connectivity index (χ1n) is 8.12. The molecule has 24 heavy (non-hydrogen) atoms. The molecular formula is C20H20N2O2. The smallest absolute Gasteiger partial charge is 0.259 e. The molecular weight excluding hydrogens is 300 g/mol. The zero-order chi connectivity index (χ0) is 17.1. The van der Waals surface area contributed by atoms with Crippen molar-refractivity contribution in [2.75, 3.05) is 6.54 Å². The zero-order valence-corrected chi connectivity index (χ0v) is 13.9. The molecule has 2 aromatic carbocycles. The molecule has 1 aliphatic heterocycles. The molecule has 1 heterocycles. The van der Waals surface area contributed by atoms with Crippen molar-refractivity contribution in [3.05, 3.63) is 65.2 Å². The highest BCUT2D eigenvalue weighted by Gasteiger charge is 2.39. The fourth-order valence-corrected chi connectivity index (χ4v) is 3.01. The Balaban J connectivity index is 1.89. The van der Waals surface area contributed by atoms with E-state index in [1.165, 1.54) is 0 Å². The number of carbonyl (C=O) groups excluding carboxylic acids is 1. The first-order valence-corrected chi connectivity index (χ1v) is 8.12. The molecule has 0 aromatic heterocycles. The predicted octanol–water partition coefficient (Wildman–Crippen LogP) is 3.94. The minimum absolute atomic E-state index is 0.117. The molecule has 2 aromatic rings. The van der Waals surface area contributed by atoms with Crippen molar-refractivity contribution in [2.45, 2.75) is 26.5 Å². The van der Waals surface area contributed by atoms with Gasteiger partial charge in [0.25, 0.3) is 5.91 Å². The molecule has 0 saturated heterocycles. The van der Waals surface area contributed by atoms with E-state index >= 15 is 0 Å². The highest BCUT2D eigenvalue weighted by molar-refractivity contribution is 6.02. The molecule has 1 atom stereocenters. The second-order valence-corrected chi connectivity index (χ2v) is 6.38. The van der Waals surface area contributed by atoms with Gasteiger partial charge < -0.3 is 9.64 Å². The molecule has 3 rings (SSSR count). The number of nitrogens with zero attached hydrogens (tertiary/aromatic N) is 2. The molecule has 0 N–H and O–H groups in total.